The standard InChI is InChI=1S/C14H16BrClN2/c1-9-6-10(9)8-18-13-3-2-11(15)7-12(13)17-14(18)4-5-16/h2-3,7,9-10H,4-6,8H2,1H3. The van der Waals surface area contributed by atoms with Crippen molar-refractivity contribution in [2.45, 2.75) is 26.3 Å². The Morgan fingerprint density at radius 2 is 2.28 bits per heavy atom. The maximum Gasteiger partial charge on any atom is 0.111 e. The van der Waals surface area contributed by atoms with E-state index in [1.54, 1.807) is 0 Å². The molecule has 2 unspecified atom stereocenters. The van der Waals surface area contributed by atoms with E-state index < -0.39 is 0 Å². The molecule has 2 nitrogen and oxygen atoms in total. The zero-order valence-electron chi connectivity index (χ0n) is 10.4. The molecule has 3 rings (SSSR count). The molecule has 96 valence electrons. The van der Waals surface area contributed by atoms with Gasteiger partial charge >= 0.3 is 0 Å². The molecule has 18 heavy (non-hydrogen) atoms. The second kappa shape index (κ2) is 4.86. The minimum absolute atomic E-state index is 0.630. The largest absolute Gasteiger partial charge is 0.328 e. The molecule has 1 fully saturated rings. The number of hydrogen-bond donors (Lipinski definition) is 0. The van der Waals surface area contributed by atoms with E-state index in [-0.39, 0.29) is 0 Å². The minimum atomic E-state index is 0.630. The van der Waals surface area contributed by atoms with Crippen molar-refractivity contribution in [3.05, 3.63) is 28.5 Å². The molecule has 1 aromatic heterocycles. The van der Waals surface area contributed by atoms with Crippen molar-refractivity contribution in [2.24, 2.45) is 11.8 Å². The van der Waals surface area contributed by atoms with Gasteiger partial charge in [0.05, 0.1) is 11.0 Å². The van der Waals surface area contributed by atoms with E-state index in [1.807, 2.05) is 0 Å². The van der Waals surface area contributed by atoms with Gasteiger partial charge in [0.25, 0.3) is 0 Å². The Labute approximate surface area is 120 Å². The Balaban J connectivity index is 2.03. The van der Waals surface area contributed by atoms with Gasteiger partial charge in [-0.15, -0.1) is 11.6 Å². The molecule has 0 aliphatic heterocycles. The van der Waals surface area contributed by atoms with Crippen LogP contribution in [0.25, 0.3) is 11.0 Å². The highest BCUT2D eigenvalue weighted by atomic mass is 79.9. The summed E-state index contributed by atoms with van der Waals surface area (Å²) < 4.78 is 3.44. The molecule has 4 heteroatoms. The smallest absolute Gasteiger partial charge is 0.111 e. The summed E-state index contributed by atoms with van der Waals surface area (Å²) in [5.41, 5.74) is 2.30. The maximum atomic E-state index is 5.89. The van der Waals surface area contributed by atoms with Crippen LogP contribution in [0.15, 0.2) is 22.7 Å². The lowest BCUT2D eigenvalue weighted by Gasteiger charge is -2.07. The Morgan fingerprint density at radius 3 is 2.94 bits per heavy atom. The Morgan fingerprint density at radius 1 is 1.50 bits per heavy atom. The second-order valence-corrected chi connectivity index (χ2v) is 6.48. The van der Waals surface area contributed by atoms with Crippen LogP contribution in [-0.2, 0) is 13.0 Å². The molecule has 1 aromatic carbocycles. The molecular formula is C14H16BrClN2. The van der Waals surface area contributed by atoms with E-state index in [9.17, 15) is 0 Å². The zero-order chi connectivity index (χ0) is 12.7. The quantitative estimate of drug-likeness (QED) is 0.768. The number of aromatic nitrogens is 2. The molecule has 0 spiro atoms. The highest BCUT2D eigenvalue weighted by molar-refractivity contribution is 9.10. The monoisotopic (exact) mass is 326 g/mol. The Kier molecular flexibility index (Phi) is 3.37. The van der Waals surface area contributed by atoms with Gasteiger partial charge in [-0.1, -0.05) is 22.9 Å². The van der Waals surface area contributed by atoms with E-state index in [1.165, 1.54) is 11.9 Å². The highest BCUT2D eigenvalue weighted by Crippen LogP contribution is 2.40. The van der Waals surface area contributed by atoms with Gasteiger partial charge < -0.3 is 4.57 Å². The van der Waals surface area contributed by atoms with Crippen molar-refractivity contribution < 1.29 is 0 Å². The van der Waals surface area contributed by atoms with Crippen molar-refractivity contribution in [1.29, 1.82) is 0 Å². The van der Waals surface area contributed by atoms with E-state index in [4.69, 9.17) is 16.6 Å². The molecule has 1 saturated carbocycles. The van der Waals surface area contributed by atoms with Gasteiger partial charge in [0, 0.05) is 23.3 Å². The summed E-state index contributed by atoms with van der Waals surface area (Å²) in [6, 6.07) is 6.32. The van der Waals surface area contributed by atoms with Gasteiger partial charge in [0.2, 0.25) is 0 Å². The highest BCUT2D eigenvalue weighted by Gasteiger charge is 2.33. The van der Waals surface area contributed by atoms with Crippen LogP contribution < -0.4 is 0 Å². The fourth-order valence-electron chi connectivity index (χ4n) is 2.52. The van der Waals surface area contributed by atoms with E-state index in [2.05, 4.69) is 45.6 Å². The minimum Gasteiger partial charge on any atom is -0.328 e. The van der Waals surface area contributed by atoms with Crippen LogP contribution in [0.2, 0.25) is 0 Å². The molecular weight excluding hydrogens is 312 g/mol. The van der Waals surface area contributed by atoms with Gasteiger partial charge in [0.1, 0.15) is 5.82 Å². The third-order valence-electron chi connectivity index (χ3n) is 3.80. The number of aryl methyl sites for hydroxylation is 1. The second-order valence-electron chi connectivity index (χ2n) is 5.18. The molecule has 0 N–H and O–H groups in total. The summed E-state index contributed by atoms with van der Waals surface area (Å²) >= 11 is 9.39. The summed E-state index contributed by atoms with van der Waals surface area (Å²) in [4.78, 5) is 4.72. The first-order chi connectivity index (χ1) is 8.69. The predicted octanol–water partition coefficient (Wildman–Crippen LogP) is 4.24. The normalized spacial score (nSPS) is 22.6. The molecule has 0 bridgehead atoms. The average Bonchev–Trinajstić information content (AvgIpc) is 2.92. The molecule has 2 atom stereocenters. The van der Waals surface area contributed by atoms with Crippen LogP contribution in [0.1, 0.15) is 19.2 Å². The lowest BCUT2D eigenvalue weighted by Crippen LogP contribution is -2.06. The summed E-state index contributed by atoms with van der Waals surface area (Å²) in [5.74, 6) is 3.43. The number of benzene rings is 1. The first kappa shape index (κ1) is 12.5. The first-order valence-corrected chi connectivity index (χ1v) is 7.72. The molecule has 1 aliphatic rings. The Bertz CT molecular complexity index is 578. The van der Waals surface area contributed by atoms with Gasteiger partial charge in [-0.25, -0.2) is 4.98 Å². The van der Waals surface area contributed by atoms with E-state index in [0.29, 0.717) is 5.88 Å². The van der Waals surface area contributed by atoms with Gasteiger partial charge in [-0.2, -0.15) is 0 Å². The lowest BCUT2D eigenvalue weighted by molar-refractivity contribution is 0.585. The summed E-state index contributed by atoms with van der Waals surface area (Å²) in [6.45, 7) is 3.41. The van der Waals surface area contributed by atoms with Gasteiger partial charge in [0.15, 0.2) is 0 Å². The number of halogens is 2. The molecule has 0 saturated heterocycles. The first-order valence-electron chi connectivity index (χ1n) is 6.39. The molecule has 0 radical (unpaired) electrons. The molecule has 0 amide bonds. The third kappa shape index (κ3) is 2.30. The molecule has 1 heterocycles. The number of fused-ring (bicyclic) bond motifs is 1. The van der Waals surface area contributed by atoms with E-state index in [0.717, 1.165) is 40.6 Å². The van der Waals surface area contributed by atoms with Crippen molar-refractivity contribution >= 4 is 38.6 Å². The summed E-state index contributed by atoms with van der Waals surface area (Å²) in [6.07, 6.45) is 2.19. The van der Waals surface area contributed by atoms with Crippen LogP contribution in [0.4, 0.5) is 0 Å². The number of nitrogens with zero attached hydrogens (tertiary/aromatic N) is 2. The number of hydrogen-bond acceptors (Lipinski definition) is 1. The maximum absolute atomic E-state index is 5.89. The van der Waals surface area contributed by atoms with Gasteiger partial charge in [-0.3, -0.25) is 0 Å². The van der Waals surface area contributed by atoms with E-state index >= 15 is 0 Å². The van der Waals surface area contributed by atoms with Crippen molar-refractivity contribution in [3.8, 4) is 0 Å². The number of rotatable bonds is 4. The van der Waals surface area contributed by atoms with Gasteiger partial charge in [-0.05, 0) is 36.5 Å². The Hall–Kier alpha value is -0.540. The SMILES string of the molecule is CC1CC1Cn1c(CCCl)nc2cc(Br)ccc21. The van der Waals surface area contributed by atoms with Crippen LogP contribution in [-0.4, -0.2) is 15.4 Å². The van der Waals surface area contributed by atoms with Crippen molar-refractivity contribution in [1.82, 2.24) is 9.55 Å². The van der Waals surface area contributed by atoms with Crippen molar-refractivity contribution in [2.75, 3.05) is 5.88 Å². The third-order valence-corrected chi connectivity index (χ3v) is 4.48. The topological polar surface area (TPSA) is 17.8 Å². The van der Waals surface area contributed by atoms with Crippen LogP contribution >= 0.6 is 27.5 Å². The fourth-order valence-corrected chi connectivity index (χ4v) is 3.04. The lowest BCUT2D eigenvalue weighted by atomic mass is 10.3. The number of alkyl halides is 1. The molecule has 1 aliphatic carbocycles. The molecule has 2 aromatic rings. The zero-order valence-corrected chi connectivity index (χ0v) is 12.7. The summed E-state index contributed by atoms with van der Waals surface area (Å²) in [7, 11) is 0. The van der Waals surface area contributed by atoms with Crippen LogP contribution in [0.5, 0.6) is 0 Å². The van der Waals surface area contributed by atoms with Crippen LogP contribution in [0.3, 0.4) is 0 Å². The predicted molar refractivity (Wildman–Crippen MR) is 79.1 cm³/mol. The average molecular weight is 328 g/mol. The van der Waals surface area contributed by atoms with Crippen molar-refractivity contribution in [3.63, 3.8) is 0 Å². The van der Waals surface area contributed by atoms with Crippen LogP contribution in [0, 0.1) is 11.8 Å². The fraction of sp³-hybridized carbons (Fsp3) is 0.500. The number of imidazole rings is 1. The summed E-state index contributed by atoms with van der Waals surface area (Å²) in [5, 5.41) is 0.